The molecule has 0 aliphatic rings. The third kappa shape index (κ3) is 5.18. The van der Waals surface area contributed by atoms with E-state index in [9.17, 15) is 4.79 Å². The molecule has 3 nitrogen and oxygen atoms in total. The van der Waals surface area contributed by atoms with Crippen LogP contribution in [0.1, 0.15) is 31.9 Å². The topological polar surface area (TPSA) is 50.2 Å². The van der Waals surface area contributed by atoms with E-state index < -0.39 is 5.97 Å². The number of thiazole rings is 1. The van der Waals surface area contributed by atoms with Crippen molar-refractivity contribution in [1.29, 1.82) is 0 Å². The molecule has 0 amide bonds. The molecule has 15 heavy (non-hydrogen) atoms. The Balaban J connectivity index is 2.29. The quantitative estimate of drug-likeness (QED) is 0.592. The van der Waals surface area contributed by atoms with E-state index in [1.165, 1.54) is 30.6 Å². The number of aromatic nitrogens is 1. The third-order valence-corrected chi connectivity index (χ3v) is 3.99. The highest BCUT2D eigenvalue weighted by Gasteiger charge is 2.05. The van der Waals surface area contributed by atoms with Gasteiger partial charge >= 0.3 is 5.97 Å². The van der Waals surface area contributed by atoms with E-state index in [0.29, 0.717) is 5.69 Å². The van der Waals surface area contributed by atoms with Crippen LogP contribution in [0.2, 0.25) is 0 Å². The van der Waals surface area contributed by atoms with E-state index in [4.69, 9.17) is 5.11 Å². The van der Waals surface area contributed by atoms with E-state index >= 15 is 0 Å². The molecule has 0 bridgehead atoms. The highest BCUT2D eigenvalue weighted by Crippen LogP contribution is 2.23. The second-order valence-corrected chi connectivity index (χ2v) is 5.43. The van der Waals surface area contributed by atoms with Crippen LogP contribution in [0.5, 0.6) is 0 Å². The van der Waals surface area contributed by atoms with E-state index in [1.54, 1.807) is 11.8 Å². The molecule has 0 fully saturated rings. The number of carboxylic acid groups (broad SMARTS) is 1. The lowest BCUT2D eigenvalue weighted by Crippen LogP contribution is -1.99. The summed E-state index contributed by atoms with van der Waals surface area (Å²) in [5.41, 5.74) is 0.672. The molecule has 0 aromatic carbocycles. The van der Waals surface area contributed by atoms with Crippen molar-refractivity contribution in [2.45, 2.75) is 36.9 Å². The van der Waals surface area contributed by atoms with Gasteiger partial charge in [0.2, 0.25) is 0 Å². The summed E-state index contributed by atoms with van der Waals surface area (Å²) in [6.45, 7) is 2.18. The Morgan fingerprint density at radius 3 is 3.07 bits per heavy atom. The number of unbranched alkanes of at least 4 members (excludes halogenated alkanes) is 2. The van der Waals surface area contributed by atoms with Gasteiger partial charge in [-0.25, -0.2) is 4.98 Å². The highest BCUT2D eigenvalue weighted by atomic mass is 32.2. The van der Waals surface area contributed by atoms with Crippen LogP contribution in [-0.2, 0) is 11.2 Å². The Morgan fingerprint density at radius 1 is 1.60 bits per heavy atom. The van der Waals surface area contributed by atoms with Crippen LogP contribution >= 0.6 is 23.1 Å². The molecule has 0 atom stereocenters. The molecule has 1 rings (SSSR count). The molecular weight excluding hydrogens is 230 g/mol. The van der Waals surface area contributed by atoms with E-state index in [0.717, 1.165) is 10.1 Å². The summed E-state index contributed by atoms with van der Waals surface area (Å²) in [5.74, 6) is 0.260. The molecular formula is C10H15NO2S2. The molecule has 0 spiro atoms. The normalized spacial score (nSPS) is 10.5. The highest BCUT2D eigenvalue weighted by molar-refractivity contribution is 8.00. The van der Waals surface area contributed by atoms with E-state index in [-0.39, 0.29) is 6.42 Å². The lowest BCUT2D eigenvalue weighted by molar-refractivity contribution is -0.136. The van der Waals surface area contributed by atoms with Gasteiger partial charge in [-0.3, -0.25) is 4.79 Å². The number of carbonyl (C=O) groups is 1. The maximum atomic E-state index is 10.4. The first-order valence-electron chi connectivity index (χ1n) is 5.01. The molecule has 0 aliphatic carbocycles. The van der Waals surface area contributed by atoms with Gasteiger partial charge in [-0.1, -0.05) is 31.5 Å². The monoisotopic (exact) mass is 245 g/mol. The van der Waals surface area contributed by atoms with Crippen LogP contribution < -0.4 is 0 Å². The van der Waals surface area contributed by atoms with Gasteiger partial charge in [0, 0.05) is 11.1 Å². The van der Waals surface area contributed by atoms with Gasteiger partial charge in [-0.2, -0.15) is 0 Å². The molecule has 1 aromatic rings. The molecule has 1 heterocycles. The second kappa shape index (κ2) is 6.85. The van der Waals surface area contributed by atoms with Gasteiger partial charge in [0.05, 0.1) is 12.1 Å². The van der Waals surface area contributed by atoms with Crippen molar-refractivity contribution in [3.63, 3.8) is 0 Å². The van der Waals surface area contributed by atoms with Crippen LogP contribution in [0.25, 0.3) is 0 Å². The van der Waals surface area contributed by atoms with Crippen molar-refractivity contribution in [2.75, 3.05) is 5.75 Å². The first-order chi connectivity index (χ1) is 7.22. The summed E-state index contributed by atoms with van der Waals surface area (Å²) in [5, 5.41) is 10.4. The lowest BCUT2D eigenvalue weighted by Gasteiger charge is -1.95. The van der Waals surface area contributed by atoms with Gasteiger partial charge in [0.25, 0.3) is 0 Å². The average molecular weight is 245 g/mol. The van der Waals surface area contributed by atoms with Gasteiger partial charge in [-0.05, 0) is 6.42 Å². The largest absolute Gasteiger partial charge is 0.481 e. The number of hydrogen-bond donors (Lipinski definition) is 1. The summed E-state index contributed by atoms with van der Waals surface area (Å²) >= 11 is 3.26. The van der Waals surface area contributed by atoms with E-state index in [1.807, 2.05) is 5.38 Å². The van der Waals surface area contributed by atoms with Gasteiger partial charge < -0.3 is 5.11 Å². The fraction of sp³-hybridized carbons (Fsp3) is 0.600. The lowest BCUT2D eigenvalue weighted by atomic mass is 10.3. The Bertz CT molecular complexity index is 312. The number of aliphatic carboxylic acids is 1. The number of nitrogens with zero attached hydrogens (tertiary/aromatic N) is 1. The molecule has 0 unspecified atom stereocenters. The van der Waals surface area contributed by atoms with Gasteiger partial charge in [0.1, 0.15) is 4.34 Å². The Labute approximate surface area is 97.9 Å². The third-order valence-electron chi connectivity index (χ3n) is 1.84. The summed E-state index contributed by atoms with van der Waals surface area (Å²) in [6, 6.07) is 0. The van der Waals surface area contributed by atoms with Gasteiger partial charge in [0.15, 0.2) is 0 Å². The number of carboxylic acids is 1. The molecule has 0 aliphatic heterocycles. The van der Waals surface area contributed by atoms with Crippen LogP contribution in [0.4, 0.5) is 0 Å². The van der Waals surface area contributed by atoms with Crippen LogP contribution in [0.3, 0.4) is 0 Å². The first-order valence-corrected chi connectivity index (χ1v) is 6.88. The predicted octanol–water partition coefficient (Wildman–Crippen LogP) is 3.05. The van der Waals surface area contributed by atoms with Crippen molar-refractivity contribution in [3.05, 3.63) is 11.1 Å². The molecule has 1 aromatic heterocycles. The minimum Gasteiger partial charge on any atom is -0.481 e. The Hall–Kier alpha value is -0.550. The molecule has 0 saturated carbocycles. The fourth-order valence-electron chi connectivity index (χ4n) is 1.10. The van der Waals surface area contributed by atoms with Crippen molar-refractivity contribution in [2.24, 2.45) is 0 Å². The Kier molecular flexibility index (Phi) is 5.71. The molecule has 5 heteroatoms. The van der Waals surface area contributed by atoms with Gasteiger partial charge in [-0.15, -0.1) is 11.3 Å². The maximum absolute atomic E-state index is 10.4. The van der Waals surface area contributed by atoms with Crippen molar-refractivity contribution >= 4 is 29.1 Å². The first kappa shape index (κ1) is 12.5. The average Bonchev–Trinajstić information content (AvgIpc) is 2.59. The minimum atomic E-state index is -0.817. The number of thioether (sulfide) groups is 1. The summed E-state index contributed by atoms with van der Waals surface area (Å²) in [6.07, 6.45) is 3.71. The maximum Gasteiger partial charge on any atom is 0.309 e. The second-order valence-electron chi connectivity index (χ2n) is 3.23. The smallest absolute Gasteiger partial charge is 0.309 e. The fourth-order valence-corrected chi connectivity index (χ4v) is 3.02. The Morgan fingerprint density at radius 2 is 2.40 bits per heavy atom. The summed E-state index contributed by atoms with van der Waals surface area (Å²) in [7, 11) is 0. The van der Waals surface area contributed by atoms with Crippen molar-refractivity contribution in [3.8, 4) is 0 Å². The number of hydrogen-bond acceptors (Lipinski definition) is 4. The molecule has 84 valence electrons. The predicted molar refractivity (Wildman–Crippen MR) is 63.7 cm³/mol. The SMILES string of the molecule is CCCCCSc1nc(CC(=O)O)cs1. The molecule has 0 radical (unpaired) electrons. The zero-order chi connectivity index (χ0) is 11.1. The van der Waals surface area contributed by atoms with Crippen molar-refractivity contribution < 1.29 is 9.90 Å². The minimum absolute atomic E-state index is 0.0337. The van der Waals surface area contributed by atoms with Crippen LogP contribution in [0, 0.1) is 0 Å². The van der Waals surface area contributed by atoms with Crippen molar-refractivity contribution in [1.82, 2.24) is 4.98 Å². The van der Waals surface area contributed by atoms with Crippen LogP contribution in [-0.4, -0.2) is 21.8 Å². The molecule has 1 N–H and O–H groups in total. The summed E-state index contributed by atoms with van der Waals surface area (Å²) < 4.78 is 0.988. The molecule has 0 saturated heterocycles. The van der Waals surface area contributed by atoms with Crippen LogP contribution in [0.15, 0.2) is 9.72 Å². The van der Waals surface area contributed by atoms with E-state index in [2.05, 4.69) is 11.9 Å². The zero-order valence-corrected chi connectivity index (χ0v) is 10.4. The summed E-state index contributed by atoms with van der Waals surface area (Å²) in [4.78, 5) is 14.7. The zero-order valence-electron chi connectivity index (χ0n) is 8.73. The standard InChI is InChI=1S/C10H15NO2S2/c1-2-3-4-5-14-10-11-8(7-15-10)6-9(12)13/h7H,2-6H2,1H3,(H,12,13). The number of rotatable bonds is 7.